The highest BCUT2D eigenvalue weighted by Crippen LogP contribution is 2.31. The van der Waals surface area contributed by atoms with E-state index in [0.29, 0.717) is 6.61 Å². The molecular weight excluding hydrogens is 324 g/mol. The Hall–Kier alpha value is -2.04. The molecule has 1 amide bonds. The molecule has 2 aliphatic rings. The lowest BCUT2D eigenvalue weighted by atomic mass is 9.94. The number of amides is 1. The van der Waals surface area contributed by atoms with Gasteiger partial charge >= 0.3 is 0 Å². The number of nitrogens with one attached hydrogen (secondary N) is 2. The number of hydrogen-bond acceptors (Lipinski definition) is 3. The average Bonchev–Trinajstić information content (AvgIpc) is 2.61. The molecule has 2 heterocycles. The van der Waals surface area contributed by atoms with Gasteiger partial charge in [-0.2, -0.15) is 0 Å². The maximum atomic E-state index is 12.7. The van der Waals surface area contributed by atoms with Crippen molar-refractivity contribution in [3.63, 3.8) is 0 Å². The summed E-state index contributed by atoms with van der Waals surface area (Å²) in [6.45, 7) is 1.39. The molecule has 2 aromatic carbocycles. The van der Waals surface area contributed by atoms with Gasteiger partial charge in [-0.3, -0.25) is 4.79 Å². The summed E-state index contributed by atoms with van der Waals surface area (Å²) in [6.07, 6.45) is 1.55. The van der Waals surface area contributed by atoms with Gasteiger partial charge < -0.3 is 15.4 Å². The van der Waals surface area contributed by atoms with E-state index in [1.54, 1.807) is 0 Å². The van der Waals surface area contributed by atoms with Crippen LogP contribution in [0.5, 0.6) is 5.75 Å². The van der Waals surface area contributed by atoms with E-state index in [0.717, 1.165) is 30.7 Å². The Kier molecular flexibility index (Phi) is 5.07. The molecule has 2 unspecified atom stereocenters. The molecule has 24 heavy (non-hydrogen) atoms. The zero-order chi connectivity index (χ0) is 15.6. The van der Waals surface area contributed by atoms with Crippen molar-refractivity contribution < 1.29 is 9.53 Å². The molecule has 0 bridgehead atoms. The van der Waals surface area contributed by atoms with Crippen LogP contribution in [0.4, 0.5) is 0 Å². The van der Waals surface area contributed by atoms with E-state index in [1.807, 2.05) is 36.4 Å². The first-order valence-electron chi connectivity index (χ1n) is 8.13. The molecule has 2 aromatic rings. The monoisotopic (exact) mass is 344 g/mol. The smallest absolute Gasteiger partial charge is 0.237 e. The summed E-state index contributed by atoms with van der Waals surface area (Å²) in [5.74, 6) is 0.951. The molecule has 0 fully saturated rings. The fraction of sp³-hybridized carbons (Fsp3) is 0.316. The van der Waals surface area contributed by atoms with E-state index in [-0.39, 0.29) is 30.4 Å². The van der Waals surface area contributed by atoms with Crippen molar-refractivity contribution in [3.05, 3.63) is 65.2 Å². The van der Waals surface area contributed by atoms with Crippen molar-refractivity contribution >= 4 is 18.3 Å². The fourth-order valence-corrected chi connectivity index (χ4v) is 3.40. The summed E-state index contributed by atoms with van der Waals surface area (Å²) in [6, 6.07) is 16.1. The Morgan fingerprint density at radius 1 is 1.08 bits per heavy atom. The summed E-state index contributed by atoms with van der Waals surface area (Å²) >= 11 is 0. The number of para-hydroxylation sites is 1. The zero-order valence-corrected chi connectivity index (χ0v) is 14.1. The third-order valence-corrected chi connectivity index (χ3v) is 4.67. The normalized spacial score (nSPS) is 21.5. The largest absolute Gasteiger partial charge is 0.493 e. The Morgan fingerprint density at radius 3 is 2.71 bits per heavy atom. The van der Waals surface area contributed by atoms with Gasteiger partial charge in [0.25, 0.3) is 0 Å². The van der Waals surface area contributed by atoms with Crippen molar-refractivity contribution in [3.8, 4) is 5.75 Å². The first-order valence-corrected chi connectivity index (χ1v) is 8.13. The third kappa shape index (κ3) is 3.25. The van der Waals surface area contributed by atoms with Crippen molar-refractivity contribution in [2.75, 3.05) is 6.61 Å². The van der Waals surface area contributed by atoms with Gasteiger partial charge in [-0.05, 0) is 23.6 Å². The highest BCUT2D eigenvalue weighted by Gasteiger charge is 2.28. The second-order valence-electron chi connectivity index (χ2n) is 6.14. The molecular formula is C19H21ClN2O2. The lowest BCUT2D eigenvalue weighted by Gasteiger charge is -2.30. The van der Waals surface area contributed by atoms with Crippen LogP contribution in [0.3, 0.4) is 0 Å². The molecule has 4 rings (SSSR count). The van der Waals surface area contributed by atoms with Crippen LogP contribution in [-0.4, -0.2) is 18.6 Å². The van der Waals surface area contributed by atoms with Crippen molar-refractivity contribution in [2.45, 2.75) is 31.5 Å². The fourth-order valence-electron chi connectivity index (χ4n) is 3.40. The Morgan fingerprint density at radius 2 is 1.83 bits per heavy atom. The second kappa shape index (κ2) is 7.24. The number of halogens is 1. The number of carbonyl (C=O) groups excluding carboxylic acids is 1. The summed E-state index contributed by atoms with van der Waals surface area (Å²) in [4.78, 5) is 12.7. The van der Waals surface area contributed by atoms with Crippen LogP contribution in [0.15, 0.2) is 48.5 Å². The Labute approximate surface area is 148 Å². The predicted molar refractivity (Wildman–Crippen MR) is 95.5 cm³/mol. The zero-order valence-electron chi connectivity index (χ0n) is 13.3. The van der Waals surface area contributed by atoms with Gasteiger partial charge in [0.15, 0.2) is 0 Å². The van der Waals surface area contributed by atoms with Crippen LogP contribution in [-0.2, 0) is 17.8 Å². The molecule has 2 aliphatic heterocycles. The summed E-state index contributed by atoms with van der Waals surface area (Å²) in [7, 11) is 0. The lowest BCUT2D eigenvalue weighted by molar-refractivity contribution is -0.124. The average molecular weight is 345 g/mol. The summed E-state index contributed by atoms with van der Waals surface area (Å²) in [5, 5.41) is 6.54. The highest BCUT2D eigenvalue weighted by atomic mass is 35.5. The summed E-state index contributed by atoms with van der Waals surface area (Å²) in [5.41, 5.74) is 3.62. The molecule has 126 valence electrons. The molecule has 0 aliphatic carbocycles. The van der Waals surface area contributed by atoms with Crippen LogP contribution < -0.4 is 15.4 Å². The quantitative estimate of drug-likeness (QED) is 0.880. The lowest BCUT2D eigenvalue weighted by Crippen LogP contribution is -2.49. The SMILES string of the molecule is Cl.O=C(NC1CCOc2ccccc21)C1Cc2ccccc2CN1. The molecule has 0 spiro atoms. The molecule has 0 saturated heterocycles. The van der Waals surface area contributed by atoms with Crippen molar-refractivity contribution in [2.24, 2.45) is 0 Å². The first kappa shape index (κ1) is 16.8. The first-order chi connectivity index (χ1) is 11.3. The van der Waals surface area contributed by atoms with Gasteiger partial charge in [0, 0.05) is 18.5 Å². The van der Waals surface area contributed by atoms with Gasteiger partial charge in [-0.15, -0.1) is 12.4 Å². The van der Waals surface area contributed by atoms with E-state index in [4.69, 9.17) is 4.74 Å². The number of carbonyl (C=O) groups is 1. The van der Waals surface area contributed by atoms with Crippen molar-refractivity contribution in [1.29, 1.82) is 0 Å². The standard InChI is InChI=1S/C19H20N2O2.ClH/c22-19(17-11-13-5-1-2-6-14(13)12-20-17)21-16-9-10-23-18-8-4-3-7-15(16)18;/h1-8,16-17,20H,9-12H2,(H,21,22);1H. The number of fused-ring (bicyclic) bond motifs is 2. The van der Waals surface area contributed by atoms with Crippen LogP contribution in [0.25, 0.3) is 0 Å². The molecule has 5 heteroatoms. The van der Waals surface area contributed by atoms with Crippen LogP contribution in [0.2, 0.25) is 0 Å². The second-order valence-corrected chi connectivity index (χ2v) is 6.14. The number of hydrogen-bond donors (Lipinski definition) is 2. The maximum Gasteiger partial charge on any atom is 0.237 e. The van der Waals surface area contributed by atoms with Gasteiger partial charge in [-0.25, -0.2) is 0 Å². The highest BCUT2D eigenvalue weighted by molar-refractivity contribution is 5.85. The summed E-state index contributed by atoms with van der Waals surface area (Å²) < 4.78 is 5.66. The van der Waals surface area contributed by atoms with E-state index in [2.05, 4.69) is 22.8 Å². The number of benzene rings is 2. The van der Waals surface area contributed by atoms with Gasteiger partial charge in [0.1, 0.15) is 5.75 Å². The minimum Gasteiger partial charge on any atom is -0.493 e. The minimum absolute atomic E-state index is 0. The number of ether oxygens (including phenoxy) is 1. The minimum atomic E-state index is -0.167. The van der Waals surface area contributed by atoms with E-state index >= 15 is 0 Å². The van der Waals surface area contributed by atoms with Crippen LogP contribution in [0, 0.1) is 0 Å². The van der Waals surface area contributed by atoms with E-state index < -0.39 is 0 Å². The van der Waals surface area contributed by atoms with E-state index in [9.17, 15) is 4.79 Å². The van der Waals surface area contributed by atoms with Crippen LogP contribution in [0.1, 0.15) is 29.2 Å². The predicted octanol–water partition coefficient (Wildman–Crippen LogP) is 2.76. The van der Waals surface area contributed by atoms with E-state index in [1.165, 1.54) is 11.1 Å². The molecule has 0 aromatic heterocycles. The molecule has 2 atom stereocenters. The topological polar surface area (TPSA) is 50.4 Å². The van der Waals surface area contributed by atoms with Crippen molar-refractivity contribution in [1.82, 2.24) is 10.6 Å². The van der Waals surface area contributed by atoms with Gasteiger partial charge in [0.05, 0.1) is 18.7 Å². The molecule has 2 N–H and O–H groups in total. The maximum absolute atomic E-state index is 12.7. The molecule has 0 saturated carbocycles. The van der Waals surface area contributed by atoms with Crippen LogP contribution >= 0.6 is 12.4 Å². The van der Waals surface area contributed by atoms with Gasteiger partial charge in [0.2, 0.25) is 5.91 Å². The third-order valence-electron chi connectivity index (χ3n) is 4.67. The Balaban J connectivity index is 0.00000169. The molecule has 0 radical (unpaired) electrons. The number of rotatable bonds is 2. The molecule has 4 nitrogen and oxygen atoms in total. The Bertz CT molecular complexity index is 735. The van der Waals surface area contributed by atoms with Gasteiger partial charge in [-0.1, -0.05) is 42.5 Å².